The van der Waals surface area contributed by atoms with Gasteiger partial charge in [-0.2, -0.15) is 0 Å². The van der Waals surface area contributed by atoms with Crippen LogP contribution in [-0.4, -0.2) is 39.9 Å². The molecule has 6 rings (SSSR count). The Balaban J connectivity index is 1.49. The highest BCUT2D eigenvalue weighted by atomic mass is 32.1. The van der Waals surface area contributed by atoms with E-state index in [0.29, 0.717) is 6.54 Å². The highest BCUT2D eigenvalue weighted by Crippen LogP contribution is 2.34. The molecule has 2 bridgehead atoms. The maximum atomic E-state index is 13.0. The second-order valence-electron chi connectivity index (χ2n) is 7.13. The minimum Gasteiger partial charge on any atom is -0.353 e. The van der Waals surface area contributed by atoms with Gasteiger partial charge in [0, 0.05) is 36.1 Å². The summed E-state index contributed by atoms with van der Waals surface area (Å²) in [6, 6.07) is 10.6. The Morgan fingerprint density at radius 1 is 1.12 bits per heavy atom. The molecular formula is C20H20N4OS. The smallest absolute Gasteiger partial charge is 0.228 e. The van der Waals surface area contributed by atoms with Crippen LogP contribution in [0.5, 0.6) is 0 Å². The van der Waals surface area contributed by atoms with Crippen molar-refractivity contribution in [2.75, 3.05) is 18.0 Å². The minimum absolute atomic E-state index is 0.0492. The van der Waals surface area contributed by atoms with E-state index < -0.39 is 0 Å². The second kappa shape index (κ2) is 6.36. The topological polar surface area (TPSA) is 49.3 Å². The fourth-order valence-electron chi connectivity index (χ4n) is 4.27. The standard InChI is InChI=1S/C20H20N4OS/c25-20-15-5-6-17(24(20)10-16-12-26-13-22-16)11-23(9-15)19-18-4-2-1-3-14(18)7-8-21-19/h1-4,7-8,12-13,15,17H,5-6,9-11H2/t15-,17+/m0/s1. The number of anilines is 1. The van der Waals surface area contributed by atoms with Gasteiger partial charge >= 0.3 is 0 Å². The number of rotatable bonds is 3. The molecule has 26 heavy (non-hydrogen) atoms. The molecule has 3 aliphatic rings. The molecule has 0 N–H and O–H groups in total. The van der Waals surface area contributed by atoms with E-state index in [1.54, 1.807) is 11.3 Å². The molecule has 3 saturated heterocycles. The van der Waals surface area contributed by atoms with Gasteiger partial charge in [-0.05, 0) is 24.3 Å². The summed E-state index contributed by atoms with van der Waals surface area (Å²) in [4.78, 5) is 26.5. The van der Waals surface area contributed by atoms with Gasteiger partial charge in [0.1, 0.15) is 5.82 Å². The van der Waals surface area contributed by atoms with Gasteiger partial charge < -0.3 is 9.80 Å². The van der Waals surface area contributed by atoms with Crippen LogP contribution < -0.4 is 4.90 Å². The third-order valence-electron chi connectivity index (χ3n) is 5.56. The van der Waals surface area contributed by atoms with Gasteiger partial charge in [-0.1, -0.05) is 24.3 Å². The number of pyridine rings is 1. The lowest BCUT2D eigenvalue weighted by atomic mass is 9.94. The summed E-state index contributed by atoms with van der Waals surface area (Å²) >= 11 is 1.58. The van der Waals surface area contributed by atoms with E-state index in [9.17, 15) is 4.79 Å². The lowest BCUT2D eigenvalue weighted by Crippen LogP contribution is -2.47. The summed E-state index contributed by atoms with van der Waals surface area (Å²) in [6.45, 7) is 2.22. The number of nitrogens with zero attached hydrogens (tertiary/aromatic N) is 4. The lowest BCUT2D eigenvalue weighted by Gasteiger charge is -2.35. The zero-order valence-corrected chi connectivity index (χ0v) is 15.2. The number of piperidine rings is 1. The van der Waals surface area contributed by atoms with E-state index >= 15 is 0 Å². The van der Waals surface area contributed by atoms with Crippen molar-refractivity contribution in [3.05, 3.63) is 53.1 Å². The number of aromatic nitrogens is 2. The largest absolute Gasteiger partial charge is 0.353 e. The zero-order valence-electron chi connectivity index (χ0n) is 14.4. The molecular weight excluding hydrogens is 344 g/mol. The number of benzene rings is 1. The van der Waals surface area contributed by atoms with Gasteiger partial charge in [-0.25, -0.2) is 9.97 Å². The molecule has 0 saturated carbocycles. The third kappa shape index (κ3) is 2.65. The van der Waals surface area contributed by atoms with E-state index in [1.807, 2.05) is 28.1 Å². The van der Waals surface area contributed by atoms with Crippen molar-refractivity contribution in [3.8, 4) is 0 Å². The summed E-state index contributed by atoms with van der Waals surface area (Å²) in [5, 5.41) is 4.39. The van der Waals surface area contributed by atoms with Gasteiger partial charge in [-0.15, -0.1) is 11.3 Å². The number of hydrogen-bond donors (Lipinski definition) is 0. The summed E-state index contributed by atoms with van der Waals surface area (Å²) in [6.07, 6.45) is 3.90. The quantitative estimate of drug-likeness (QED) is 0.715. The summed E-state index contributed by atoms with van der Waals surface area (Å²) in [5.41, 5.74) is 2.83. The number of carbonyl (C=O) groups excluding carboxylic acids is 1. The highest BCUT2D eigenvalue weighted by molar-refractivity contribution is 7.07. The van der Waals surface area contributed by atoms with Gasteiger partial charge in [0.05, 0.1) is 23.7 Å². The first-order chi connectivity index (χ1) is 12.8. The van der Waals surface area contributed by atoms with E-state index in [0.717, 1.165) is 42.8 Å². The molecule has 0 spiro atoms. The zero-order chi connectivity index (χ0) is 17.5. The van der Waals surface area contributed by atoms with Crippen molar-refractivity contribution in [1.29, 1.82) is 0 Å². The Morgan fingerprint density at radius 2 is 2.04 bits per heavy atom. The van der Waals surface area contributed by atoms with Gasteiger partial charge in [0.2, 0.25) is 5.91 Å². The van der Waals surface area contributed by atoms with Crippen LogP contribution in [0.3, 0.4) is 0 Å². The van der Waals surface area contributed by atoms with E-state index in [-0.39, 0.29) is 17.9 Å². The molecule has 1 amide bonds. The van der Waals surface area contributed by atoms with Crippen LogP contribution in [0.4, 0.5) is 5.82 Å². The Labute approximate surface area is 156 Å². The van der Waals surface area contributed by atoms with Crippen LogP contribution in [0.25, 0.3) is 10.8 Å². The third-order valence-corrected chi connectivity index (χ3v) is 6.20. The Kier molecular flexibility index (Phi) is 3.85. The fourth-order valence-corrected chi connectivity index (χ4v) is 4.82. The van der Waals surface area contributed by atoms with Crippen LogP contribution in [0.2, 0.25) is 0 Å². The summed E-state index contributed by atoms with van der Waals surface area (Å²) in [7, 11) is 0. The lowest BCUT2D eigenvalue weighted by molar-refractivity contribution is -0.140. The Hall–Kier alpha value is -2.47. The van der Waals surface area contributed by atoms with E-state index in [2.05, 4.69) is 39.1 Å². The van der Waals surface area contributed by atoms with Crippen molar-refractivity contribution < 1.29 is 4.79 Å². The monoisotopic (exact) mass is 364 g/mol. The number of amides is 1. The molecule has 5 heterocycles. The molecule has 6 heteroatoms. The molecule has 0 unspecified atom stereocenters. The van der Waals surface area contributed by atoms with E-state index in [4.69, 9.17) is 0 Å². The predicted molar refractivity (Wildman–Crippen MR) is 103 cm³/mol. The molecule has 132 valence electrons. The molecule has 2 atom stereocenters. The van der Waals surface area contributed by atoms with Crippen LogP contribution in [0, 0.1) is 5.92 Å². The van der Waals surface area contributed by atoms with Crippen LogP contribution >= 0.6 is 11.3 Å². The maximum absolute atomic E-state index is 13.0. The highest BCUT2D eigenvalue weighted by Gasteiger charge is 2.41. The first-order valence-corrected chi connectivity index (χ1v) is 10.00. The molecule has 5 nitrogen and oxygen atoms in total. The van der Waals surface area contributed by atoms with Gasteiger partial charge in [0.25, 0.3) is 0 Å². The van der Waals surface area contributed by atoms with Crippen LogP contribution in [0.1, 0.15) is 18.5 Å². The van der Waals surface area contributed by atoms with Crippen molar-refractivity contribution in [2.24, 2.45) is 5.92 Å². The summed E-state index contributed by atoms with van der Waals surface area (Å²) in [5.74, 6) is 1.33. The SMILES string of the molecule is O=C1[C@H]2CC[C@H](CN(c3nccc4ccccc34)C2)N1Cc1cscn1. The van der Waals surface area contributed by atoms with Crippen LogP contribution in [-0.2, 0) is 11.3 Å². The average molecular weight is 364 g/mol. The molecule has 3 aromatic rings. The van der Waals surface area contributed by atoms with Crippen LogP contribution in [0.15, 0.2) is 47.4 Å². The first-order valence-electron chi connectivity index (χ1n) is 9.06. The summed E-state index contributed by atoms with van der Waals surface area (Å²) < 4.78 is 0. The molecule has 3 aliphatic heterocycles. The second-order valence-corrected chi connectivity index (χ2v) is 7.85. The maximum Gasteiger partial charge on any atom is 0.228 e. The molecule has 1 aromatic carbocycles. The van der Waals surface area contributed by atoms with Crippen molar-refractivity contribution >= 4 is 33.8 Å². The minimum atomic E-state index is 0.0492. The van der Waals surface area contributed by atoms with Gasteiger partial charge in [-0.3, -0.25) is 4.79 Å². The average Bonchev–Trinajstić information content (AvgIpc) is 3.04. The number of carbonyl (C=O) groups is 1. The van der Waals surface area contributed by atoms with E-state index in [1.165, 1.54) is 5.39 Å². The Morgan fingerprint density at radius 3 is 2.92 bits per heavy atom. The number of hydrogen-bond acceptors (Lipinski definition) is 5. The molecule has 3 fully saturated rings. The van der Waals surface area contributed by atoms with Crippen molar-refractivity contribution in [3.63, 3.8) is 0 Å². The van der Waals surface area contributed by atoms with Gasteiger partial charge in [0.15, 0.2) is 0 Å². The fraction of sp³-hybridized carbons (Fsp3) is 0.350. The molecule has 0 aliphatic carbocycles. The van der Waals surface area contributed by atoms with Crippen molar-refractivity contribution in [1.82, 2.24) is 14.9 Å². The molecule has 2 aromatic heterocycles. The van der Waals surface area contributed by atoms with Crippen molar-refractivity contribution in [2.45, 2.75) is 25.4 Å². The predicted octanol–water partition coefficient (Wildman–Crippen LogP) is 3.32. The number of thiazole rings is 1. The normalized spacial score (nSPS) is 22.8. The first kappa shape index (κ1) is 15.8. The Bertz CT molecular complexity index is 937. The molecule has 0 radical (unpaired) electrons. The number of fused-ring (bicyclic) bond motifs is 5.